The zero-order valence-corrected chi connectivity index (χ0v) is 14.4. The minimum atomic E-state index is -4.55. The van der Waals surface area contributed by atoms with E-state index in [-0.39, 0.29) is 12.0 Å². The predicted molar refractivity (Wildman–Crippen MR) is 91.8 cm³/mol. The Morgan fingerprint density at radius 2 is 2.08 bits per heavy atom. The molecule has 7 heteroatoms. The van der Waals surface area contributed by atoms with Gasteiger partial charge in [-0.05, 0) is 38.1 Å². The van der Waals surface area contributed by atoms with E-state index in [0.717, 1.165) is 12.1 Å². The van der Waals surface area contributed by atoms with Gasteiger partial charge in [0.15, 0.2) is 0 Å². The van der Waals surface area contributed by atoms with Crippen molar-refractivity contribution in [2.75, 3.05) is 6.54 Å². The molecule has 2 N–H and O–H groups in total. The van der Waals surface area contributed by atoms with E-state index in [1.165, 1.54) is 0 Å². The van der Waals surface area contributed by atoms with Gasteiger partial charge in [0.05, 0.1) is 17.5 Å². The molecule has 1 aliphatic rings. The molecule has 0 unspecified atom stereocenters. The number of terminal acetylenes is 1. The highest BCUT2D eigenvalue weighted by atomic mass is 19.4. The van der Waals surface area contributed by atoms with Crippen LogP contribution in [0.5, 0.6) is 5.75 Å². The summed E-state index contributed by atoms with van der Waals surface area (Å²) >= 11 is 0. The fourth-order valence-electron chi connectivity index (χ4n) is 2.35. The Morgan fingerprint density at radius 3 is 2.58 bits per heavy atom. The van der Waals surface area contributed by atoms with Gasteiger partial charge >= 0.3 is 6.18 Å². The summed E-state index contributed by atoms with van der Waals surface area (Å²) in [5.41, 5.74) is -0.751. The largest absolute Gasteiger partial charge is 0.508 e. The summed E-state index contributed by atoms with van der Waals surface area (Å²) < 4.78 is 37.8. The number of phenols is 1. The molecule has 1 aliphatic heterocycles. The van der Waals surface area contributed by atoms with Crippen LogP contribution in [-0.2, 0) is 17.4 Å². The zero-order chi connectivity index (χ0) is 19.5. The topological polar surface area (TPSA) is 52.6 Å². The average Bonchev–Trinajstić information content (AvgIpc) is 2.56. The molecule has 2 rings (SSSR count). The van der Waals surface area contributed by atoms with Crippen LogP contribution >= 0.6 is 0 Å². The molecule has 1 heterocycles. The van der Waals surface area contributed by atoms with Crippen molar-refractivity contribution in [3.05, 3.63) is 53.4 Å². The number of phenolic OH excluding ortho intramolecular Hbond substituents is 1. The molecule has 0 radical (unpaired) electrons. The Kier molecular flexibility index (Phi) is 5.36. The van der Waals surface area contributed by atoms with Crippen LogP contribution in [-0.4, -0.2) is 28.0 Å². The van der Waals surface area contributed by atoms with Crippen LogP contribution in [0.15, 0.2) is 42.2 Å². The van der Waals surface area contributed by atoms with Crippen molar-refractivity contribution < 1.29 is 23.1 Å². The number of benzene rings is 1. The molecular formula is C19H19F3N2O2. The number of hydrogen-bond donors (Lipinski definition) is 2. The van der Waals surface area contributed by atoms with E-state index in [1.807, 2.05) is 18.7 Å². The molecular weight excluding hydrogens is 345 g/mol. The lowest BCUT2D eigenvalue weighted by Gasteiger charge is -2.34. The van der Waals surface area contributed by atoms with E-state index in [1.54, 1.807) is 18.4 Å². The molecule has 0 spiro atoms. The first-order valence-corrected chi connectivity index (χ1v) is 7.85. The Labute approximate surface area is 150 Å². The second kappa shape index (κ2) is 7.16. The Balaban J connectivity index is 1.98. The first-order chi connectivity index (χ1) is 12.0. The molecule has 1 aromatic rings. The number of alkyl halides is 3. The number of halogens is 3. The van der Waals surface area contributed by atoms with Gasteiger partial charge in [-0.15, -0.1) is 6.42 Å². The fraction of sp³-hybridized carbons (Fsp3) is 0.316. The van der Waals surface area contributed by atoms with Crippen molar-refractivity contribution >= 4 is 5.91 Å². The summed E-state index contributed by atoms with van der Waals surface area (Å²) in [5, 5.41) is 12.4. The lowest BCUT2D eigenvalue weighted by molar-refractivity contribution is -0.137. The van der Waals surface area contributed by atoms with Crippen LogP contribution in [0, 0.1) is 12.3 Å². The molecule has 0 bridgehead atoms. The summed E-state index contributed by atoms with van der Waals surface area (Å²) in [6, 6.07) is 2.55. The molecule has 4 nitrogen and oxygen atoms in total. The minimum Gasteiger partial charge on any atom is -0.508 e. The number of amides is 1. The van der Waals surface area contributed by atoms with Gasteiger partial charge in [-0.3, -0.25) is 4.79 Å². The van der Waals surface area contributed by atoms with Crippen molar-refractivity contribution in [1.82, 2.24) is 10.2 Å². The lowest BCUT2D eigenvalue weighted by Crippen LogP contribution is -2.40. The number of nitrogens with one attached hydrogen (secondary N) is 1. The fourth-order valence-corrected chi connectivity index (χ4v) is 2.35. The van der Waals surface area contributed by atoms with E-state index < -0.39 is 28.9 Å². The second-order valence-electron chi connectivity index (χ2n) is 6.40. The molecule has 1 amide bonds. The van der Waals surface area contributed by atoms with Crippen LogP contribution < -0.4 is 5.32 Å². The third-order valence-corrected chi connectivity index (χ3v) is 4.06. The Morgan fingerprint density at radius 1 is 1.38 bits per heavy atom. The van der Waals surface area contributed by atoms with E-state index in [2.05, 4.69) is 11.2 Å². The molecule has 0 atom stereocenters. The molecule has 26 heavy (non-hydrogen) atoms. The molecule has 0 saturated carbocycles. The van der Waals surface area contributed by atoms with E-state index in [4.69, 9.17) is 6.42 Å². The molecule has 0 fully saturated rings. The SMILES string of the molecule is C#CC(C)(C)N1C=CC(NC(=O)Cc2ccc(C(F)(F)F)cc2O)=CC1. The van der Waals surface area contributed by atoms with E-state index in [0.29, 0.717) is 18.3 Å². The molecule has 0 aliphatic carbocycles. The van der Waals surface area contributed by atoms with Crippen LogP contribution in [0.2, 0.25) is 0 Å². The van der Waals surface area contributed by atoms with E-state index in [9.17, 15) is 23.1 Å². The summed E-state index contributed by atoms with van der Waals surface area (Å²) in [6.07, 6.45) is 5.93. The van der Waals surface area contributed by atoms with Gasteiger partial charge in [-0.2, -0.15) is 13.2 Å². The maximum Gasteiger partial charge on any atom is 0.416 e. The molecule has 138 valence electrons. The predicted octanol–water partition coefficient (Wildman–Crippen LogP) is 3.19. The minimum absolute atomic E-state index is 0.117. The van der Waals surface area contributed by atoms with Gasteiger partial charge in [0, 0.05) is 24.0 Å². The number of aromatic hydroxyl groups is 1. The highest BCUT2D eigenvalue weighted by Crippen LogP contribution is 2.32. The summed E-state index contributed by atoms with van der Waals surface area (Å²) in [7, 11) is 0. The Bertz CT molecular complexity index is 802. The normalized spacial score (nSPS) is 14.6. The average molecular weight is 364 g/mol. The molecule has 1 aromatic carbocycles. The van der Waals surface area contributed by atoms with Crippen LogP contribution in [0.25, 0.3) is 0 Å². The smallest absolute Gasteiger partial charge is 0.416 e. The maximum absolute atomic E-state index is 12.6. The van der Waals surface area contributed by atoms with Crippen LogP contribution in [0.4, 0.5) is 13.2 Å². The van der Waals surface area contributed by atoms with Gasteiger partial charge in [0.2, 0.25) is 5.91 Å². The second-order valence-corrected chi connectivity index (χ2v) is 6.40. The van der Waals surface area contributed by atoms with Gasteiger partial charge in [0.1, 0.15) is 5.75 Å². The molecule has 0 saturated heterocycles. The number of rotatable bonds is 4. The lowest BCUT2D eigenvalue weighted by atomic mass is 10.0. The van der Waals surface area contributed by atoms with Crippen molar-refractivity contribution in [1.29, 1.82) is 0 Å². The first-order valence-electron chi connectivity index (χ1n) is 7.85. The summed E-state index contributed by atoms with van der Waals surface area (Å²) in [6.45, 7) is 4.29. The summed E-state index contributed by atoms with van der Waals surface area (Å²) in [5.74, 6) is 1.66. The van der Waals surface area contributed by atoms with Gasteiger partial charge in [0.25, 0.3) is 0 Å². The number of allylic oxidation sites excluding steroid dienone is 1. The first kappa shape index (κ1) is 19.4. The number of carbonyl (C=O) groups excluding carboxylic acids is 1. The van der Waals surface area contributed by atoms with Crippen molar-refractivity contribution in [3.8, 4) is 18.1 Å². The number of hydrogen-bond acceptors (Lipinski definition) is 3. The quantitative estimate of drug-likeness (QED) is 0.807. The van der Waals surface area contributed by atoms with Crippen molar-refractivity contribution in [3.63, 3.8) is 0 Å². The Hall–Kier alpha value is -2.88. The summed E-state index contributed by atoms with van der Waals surface area (Å²) in [4.78, 5) is 14.0. The highest BCUT2D eigenvalue weighted by molar-refractivity contribution is 5.81. The monoisotopic (exact) mass is 364 g/mol. The molecule has 0 aromatic heterocycles. The van der Waals surface area contributed by atoms with Crippen LogP contribution in [0.1, 0.15) is 25.0 Å². The van der Waals surface area contributed by atoms with Gasteiger partial charge in [-0.1, -0.05) is 12.0 Å². The van der Waals surface area contributed by atoms with Crippen LogP contribution in [0.3, 0.4) is 0 Å². The van der Waals surface area contributed by atoms with Gasteiger partial charge in [-0.25, -0.2) is 0 Å². The van der Waals surface area contributed by atoms with Crippen molar-refractivity contribution in [2.24, 2.45) is 0 Å². The number of carbonyl (C=O) groups is 1. The maximum atomic E-state index is 12.6. The van der Waals surface area contributed by atoms with Gasteiger partial charge < -0.3 is 15.3 Å². The van der Waals surface area contributed by atoms with E-state index >= 15 is 0 Å². The number of nitrogens with zero attached hydrogens (tertiary/aromatic N) is 1. The third-order valence-electron chi connectivity index (χ3n) is 4.06. The standard InChI is InChI=1S/C19H19F3N2O2/c1-4-18(2,3)24-9-7-15(8-10-24)23-17(26)11-13-5-6-14(12-16(13)25)19(20,21)22/h1,5-9,12,25H,10-11H2,2-3H3,(H,23,26). The highest BCUT2D eigenvalue weighted by Gasteiger charge is 2.31. The third kappa shape index (κ3) is 4.60. The van der Waals surface area contributed by atoms with Crippen molar-refractivity contribution in [2.45, 2.75) is 32.0 Å². The zero-order valence-electron chi connectivity index (χ0n) is 14.4.